The minimum absolute atomic E-state index is 0. The van der Waals surface area contributed by atoms with E-state index in [9.17, 15) is 0 Å². The van der Waals surface area contributed by atoms with Crippen molar-refractivity contribution in [2.75, 3.05) is 0 Å². The minimum Gasteiger partial charge on any atom is -0.273 e. The van der Waals surface area contributed by atoms with E-state index in [0.717, 1.165) is 6.42 Å². The van der Waals surface area contributed by atoms with Crippen molar-refractivity contribution in [3.63, 3.8) is 0 Å². The Hall–Kier alpha value is 0.440. The van der Waals surface area contributed by atoms with Crippen molar-refractivity contribution in [3.05, 3.63) is 60.2 Å². The third kappa shape index (κ3) is 14.4. The van der Waals surface area contributed by atoms with Crippen LogP contribution in [0.1, 0.15) is 12.0 Å². The standard InChI is InChI=1S/C7H8.C5H5.3ClH.Hf/c1-7-5-3-2-4-6-7;1-2-4-5-3-1;;;;/h2-6H,1H3;1-3H,4H2;3*1H;/q;-1;;;;. The summed E-state index contributed by atoms with van der Waals surface area (Å²) in [6.07, 6.45) is 10.0. The maximum atomic E-state index is 2.99. The Labute approximate surface area is 136 Å². The van der Waals surface area contributed by atoms with Crippen molar-refractivity contribution in [1.82, 2.24) is 0 Å². The Kier molecular flexibility index (Phi) is 28.2. The second-order valence-electron chi connectivity index (χ2n) is 2.66. The van der Waals surface area contributed by atoms with E-state index in [2.05, 4.69) is 31.2 Å². The largest absolute Gasteiger partial charge is 0.273 e. The molecule has 0 radical (unpaired) electrons. The van der Waals surface area contributed by atoms with E-state index in [1.807, 2.05) is 30.4 Å². The average Bonchev–Trinajstić information content (AvgIpc) is 2.62. The Morgan fingerprint density at radius 3 is 1.75 bits per heavy atom. The van der Waals surface area contributed by atoms with Gasteiger partial charge in [0, 0.05) is 25.8 Å². The van der Waals surface area contributed by atoms with Crippen LogP contribution in [0.2, 0.25) is 0 Å². The summed E-state index contributed by atoms with van der Waals surface area (Å²) in [6.45, 7) is 2.08. The van der Waals surface area contributed by atoms with Gasteiger partial charge < -0.3 is 0 Å². The summed E-state index contributed by atoms with van der Waals surface area (Å²) in [5, 5.41) is 0. The van der Waals surface area contributed by atoms with Crippen LogP contribution in [-0.2, 0) is 25.8 Å². The fourth-order valence-electron chi connectivity index (χ4n) is 0.875. The van der Waals surface area contributed by atoms with Crippen LogP contribution in [0.5, 0.6) is 0 Å². The summed E-state index contributed by atoms with van der Waals surface area (Å²) in [5.74, 6) is 0. The molecule has 0 aliphatic heterocycles. The monoisotopic (exact) mass is 445 g/mol. The SMILES string of the molecule is Cc1ccccc1.Cl.Cl.Cl.[C-]1=CC=CC1.[Hf]. The molecule has 16 heavy (non-hydrogen) atoms. The molecule has 0 heterocycles. The van der Waals surface area contributed by atoms with Crippen LogP contribution in [0.25, 0.3) is 0 Å². The molecule has 1 aromatic rings. The molecule has 1 aliphatic rings. The Balaban J connectivity index is -0.0000000739. The van der Waals surface area contributed by atoms with Crippen LogP contribution in [0.3, 0.4) is 0 Å². The molecule has 0 saturated carbocycles. The average molecular weight is 445 g/mol. The summed E-state index contributed by atoms with van der Waals surface area (Å²) in [7, 11) is 0. The second-order valence-corrected chi connectivity index (χ2v) is 2.66. The van der Waals surface area contributed by atoms with Gasteiger partial charge in [0.2, 0.25) is 0 Å². The quantitative estimate of drug-likeness (QED) is 0.406. The van der Waals surface area contributed by atoms with E-state index in [0.29, 0.717) is 0 Å². The fourth-order valence-corrected chi connectivity index (χ4v) is 0.875. The zero-order valence-electron chi connectivity index (χ0n) is 9.05. The van der Waals surface area contributed by atoms with Gasteiger partial charge in [-0.1, -0.05) is 35.9 Å². The van der Waals surface area contributed by atoms with Crippen LogP contribution in [-0.4, -0.2) is 0 Å². The third-order valence-electron chi connectivity index (χ3n) is 1.53. The van der Waals surface area contributed by atoms with Crippen molar-refractivity contribution in [3.8, 4) is 0 Å². The van der Waals surface area contributed by atoms with Gasteiger partial charge in [0.15, 0.2) is 0 Å². The first-order chi connectivity index (χ1) is 5.89. The number of rotatable bonds is 0. The topological polar surface area (TPSA) is 0 Å². The summed E-state index contributed by atoms with van der Waals surface area (Å²) >= 11 is 0. The van der Waals surface area contributed by atoms with Crippen LogP contribution in [0.4, 0.5) is 0 Å². The summed E-state index contributed by atoms with van der Waals surface area (Å²) in [4.78, 5) is 0. The van der Waals surface area contributed by atoms with Gasteiger partial charge in [0.05, 0.1) is 0 Å². The van der Waals surface area contributed by atoms with Gasteiger partial charge in [-0.15, -0.1) is 43.6 Å². The molecule has 1 aromatic carbocycles. The number of aryl methyl sites for hydroxylation is 1. The second kappa shape index (κ2) is 17.8. The molecular weight excluding hydrogens is 429 g/mol. The van der Waals surface area contributed by atoms with Gasteiger partial charge in [-0.25, -0.2) is 12.2 Å². The molecule has 0 atom stereocenters. The van der Waals surface area contributed by atoms with Crippen LogP contribution >= 0.6 is 37.2 Å². The van der Waals surface area contributed by atoms with Crippen LogP contribution in [0, 0.1) is 13.0 Å². The molecular formula is C12H16Cl3Hf-. The number of benzene rings is 1. The minimum atomic E-state index is 0. The number of allylic oxidation sites excluding steroid dienone is 4. The molecule has 0 saturated heterocycles. The van der Waals surface area contributed by atoms with E-state index in [4.69, 9.17) is 0 Å². The van der Waals surface area contributed by atoms with Gasteiger partial charge in [0.1, 0.15) is 0 Å². The first-order valence-corrected chi connectivity index (χ1v) is 4.13. The molecule has 4 heteroatoms. The van der Waals surface area contributed by atoms with Crippen molar-refractivity contribution in [2.24, 2.45) is 0 Å². The van der Waals surface area contributed by atoms with Crippen LogP contribution < -0.4 is 0 Å². The van der Waals surface area contributed by atoms with E-state index in [1.165, 1.54) is 5.56 Å². The van der Waals surface area contributed by atoms with Crippen molar-refractivity contribution in [2.45, 2.75) is 13.3 Å². The van der Waals surface area contributed by atoms with E-state index >= 15 is 0 Å². The summed E-state index contributed by atoms with van der Waals surface area (Å²) < 4.78 is 0. The molecule has 0 aromatic heterocycles. The molecule has 0 fully saturated rings. The molecule has 2 rings (SSSR count). The van der Waals surface area contributed by atoms with E-state index in [1.54, 1.807) is 0 Å². The molecule has 0 unspecified atom stereocenters. The molecule has 0 bridgehead atoms. The molecule has 0 amide bonds. The fraction of sp³-hybridized carbons (Fsp3) is 0.167. The zero-order chi connectivity index (χ0) is 8.65. The summed E-state index contributed by atoms with van der Waals surface area (Å²) in [5.41, 5.74) is 1.32. The number of hydrogen-bond donors (Lipinski definition) is 0. The third-order valence-corrected chi connectivity index (χ3v) is 1.53. The first kappa shape index (κ1) is 25.3. The molecule has 0 nitrogen and oxygen atoms in total. The normalized spacial score (nSPS) is 9.31. The van der Waals surface area contributed by atoms with Gasteiger partial charge >= 0.3 is 0 Å². The molecule has 0 N–H and O–H groups in total. The van der Waals surface area contributed by atoms with Crippen LogP contribution in [0.15, 0.2) is 48.6 Å². The zero-order valence-corrected chi connectivity index (χ0v) is 15.1. The molecule has 1 aliphatic carbocycles. The summed E-state index contributed by atoms with van der Waals surface area (Å²) in [6, 6.07) is 10.3. The first-order valence-electron chi connectivity index (χ1n) is 4.13. The number of hydrogen-bond acceptors (Lipinski definition) is 0. The van der Waals surface area contributed by atoms with Gasteiger partial charge in [-0.05, 0) is 6.92 Å². The Bertz CT molecular complexity index is 261. The van der Waals surface area contributed by atoms with E-state index in [-0.39, 0.29) is 63.1 Å². The van der Waals surface area contributed by atoms with Gasteiger partial charge in [-0.2, -0.15) is 6.08 Å². The van der Waals surface area contributed by atoms with Crippen molar-refractivity contribution >= 4 is 37.2 Å². The van der Waals surface area contributed by atoms with E-state index < -0.39 is 0 Å². The Morgan fingerprint density at radius 1 is 1.00 bits per heavy atom. The molecule has 90 valence electrons. The van der Waals surface area contributed by atoms with Crippen molar-refractivity contribution < 1.29 is 25.8 Å². The van der Waals surface area contributed by atoms with Gasteiger partial charge in [-0.3, -0.25) is 6.08 Å². The maximum Gasteiger partial charge on any atom is 0 e. The smallest absolute Gasteiger partial charge is 0 e. The molecule has 0 spiro atoms. The van der Waals surface area contributed by atoms with Gasteiger partial charge in [0.25, 0.3) is 0 Å². The predicted molar refractivity (Wildman–Crippen MR) is 74.5 cm³/mol. The predicted octanol–water partition coefficient (Wildman–Crippen LogP) is 4.56. The Morgan fingerprint density at radius 2 is 1.56 bits per heavy atom. The number of halogens is 3. The maximum absolute atomic E-state index is 2.99. The van der Waals surface area contributed by atoms with Crippen molar-refractivity contribution in [1.29, 1.82) is 0 Å².